The molecule has 2 amide bonds. The number of rotatable bonds is 6. The maximum Gasteiger partial charge on any atom is 0.278 e. The molecule has 0 atom stereocenters. The zero-order chi connectivity index (χ0) is 19.6. The number of ether oxygens (including phenoxy) is 1. The molecule has 140 valence electrons. The molecule has 0 aliphatic carbocycles. The number of nitrogens with zero attached hydrogens (tertiary/aromatic N) is 1. The molecule has 1 heterocycles. The first-order chi connectivity index (χ1) is 12.9. The summed E-state index contributed by atoms with van der Waals surface area (Å²) in [4.78, 5) is 27.6. The van der Waals surface area contributed by atoms with E-state index in [9.17, 15) is 9.59 Å². The summed E-state index contributed by atoms with van der Waals surface area (Å²) in [5.74, 6) is 0.130. The molecule has 2 aromatic rings. The van der Waals surface area contributed by atoms with Crippen molar-refractivity contribution in [3.05, 3.63) is 65.4 Å². The Morgan fingerprint density at radius 2 is 1.67 bits per heavy atom. The van der Waals surface area contributed by atoms with Crippen molar-refractivity contribution in [3.63, 3.8) is 0 Å². The van der Waals surface area contributed by atoms with E-state index in [0.29, 0.717) is 29.1 Å². The van der Waals surface area contributed by atoms with E-state index < -0.39 is 0 Å². The van der Waals surface area contributed by atoms with Crippen LogP contribution in [0.15, 0.2) is 54.2 Å². The summed E-state index contributed by atoms with van der Waals surface area (Å²) >= 11 is 0. The second-order valence-corrected chi connectivity index (χ2v) is 7.00. The van der Waals surface area contributed by atoms with Gasteiger partial charge in [0.1, 0.15) is 11.4 Å². The molecule has 27 heavy (non-hydrogen) atoms. The molecule has 0 spiro atoms. The second-order valence-electron chi connectivity index (χ2n) is 7.00. The Morgan fingerprint density at radius 1 is 1.00 bits per heavy atom. The number of amides is 2. The first kappa shape index (κ1) is 18.7. The van der Waals surface area contributed by atoms with Crippen LogP contribution in [0.4, 0.5) is 5.69 Å². The number of para-hydroxylation sites is 2. The van der Waals surface area contributed by atoms with Gasteiger partial charge in [0.25, 0.3) is 11.8 Å². The molecule has 0 radical (unpaired) electrons. The average molecular weight is 364 g/mol. The van der Waals surface area contributed by atoms with Crippen LogP contribution >= 0.6 is 0 Å². The van der Waals surface area contributed by atoms with E-state index in [2.05, 4.69) is 5.32 Å². The number of carbonyl (C=O) groups is 2. The average Bonchev–Trinajstić information content (AvgIpc) is 2.87. The largest absolute Gasteiger partial charge is 0.496 e. The zero-order valence-electron chi connectivity index (χ0n) is 16.1. The lowest BCUT2D eigenvalue weighted by atomic mass is 10.0. The van der Waals surface area contributed by atoms with Crippen molar-refractivity contribution >= 4 is 23.1 Å². The highest BCUT2D eigenvalue weighted by Gasteiger charge is 2.40. The number of carbonyl (C=O) groups excluding carboxylic acids is 2. The smallest absolute Gasteiger partial charge is 0.278 e. The fraction of sp³-hybridized carbons (Fsp3) is 0.273. The van der Waals surface area contributed by atoms with Gasteiger partial charge in [-0.2, -0.15) is 0 Å². The minimum Gasteiger partial charge on any atom is -0.496 e. The maximum absolute atomic E-state index is 13.2. The molecule has 1 aliphatic rings. The van der Waals surface area contributed by atoms with Crippen molar-refractivity contribution in [3.8, 4) is 5.75 Å². The van der Waals surface area contributed by atoms with Gasteiger partial charge in [-0.25, -0.2) is 0 Å². The van der Waals surface area contributed by atoms with E-state index >= 15 is 0 Å². The fourth-order valence-electron chi connectivity index (χ4n) is 3.17. The summed E-state index contributed by atoms with van der Waals surface area (Å²) in [6.07, 6.45) is 0. The lowest BCUT2D eigenvalue weighted by Crippen LogP contribution is -2.35. The van der Waals surface area contributed by atoms with Crippen LogP contribution in [0.25, 0.3) is 5.57 Å². The summed E-state index contributed by atoms with van der Waals surface area (Å²) < 4.78 is 5.44. The molecule has 0 aromatic heterocycles. The molecule has 0 saturated carbocycles. The van der Waals surface area contributed by atoms with Gasteiger partial charge in [0.15, 0.2) is 0 Å². The number of hydrogen-bond donors (Lipinski definition) is 1. The first-order valence-electron chi connectivity index (χ1n) is 9.00. The molecular weight excluding hydrogens is 340 g/mol. The molecule has 0 saturated heterocycles. The summed E-state index contributed by atoms with van der Waals surface area (Å²) in [6, 6.07) is 14.9. The Labute approximate surface area is 159 Å². The highest BCUT2D eigenvalue weighted by molar-refractivity contribution is 6.37. The van der Waals surface area contributed by atoms with Crippen LogP contribution in [0.2, 0.25) is 0 Å². The predicted molar refractivity (Wildman–Crippen MR) is 106 cm³/mol. The van der Waals surface area contributed by atoms with Crippen molar-refractivity contribution in [1.82, 2.24) is 4.90 Å². The van der Waals surface area contributed by atoms with E-state index in [1.54, 1.807) is 19.2 Å². The Balaban J connectivity index is 2.14. The Kier molecular flexibility index (Phi) is 5.31. The topological polar surface area (TPSA) is 58.6 Å². The Hall–Kier alpha value is -3.08. The summed E-state index contributed by atoms with van der Waals surface area (Å²) in [5, 5.41) is 3.20. The van der Waals surface area contributed by atoms with Crippen molar-refractivity contribution in [1.29, 1.82) is 0 Å². The van der Waals surface area contributed by atoms with E-state index in [0.717, 1.165) is 11.3 Å². The summed E-state index contributed by atoms with van der Waals surface area (Å²) in [5.41, 5.74) is 3.04. The van der Waals surface area contributed by atoms with Crippen molar-refractivity contribution < 1.29 is 14.3 Å². The van der Waals surface area contributed by atoms with E-state index in [1.165, 1.54) is 4.90 Å². The fourth-order valence-corrected chi connectivity index (χ4v) is 3.17. The van der Waals surface area contributed by atoms with Gasteiger partial charge in [-0.15, -0.1) is 0 Å². The molecule has 1 aliphatic heterocycles. The van der Waals surface area contributed by atoms with Crippen molar-refractivity contribution in [2.75, 3.05) is 19.0 Å². The normalized spacial score (nSPS) is 14.3. The number of methoxy groups -OCH3 is 1. The van der Waals surface area contributed by atoms with Gasteiger partial charge in [0.05, 0.1) is 12.7 Å². The van der Waals surface area contributed by atoms with Gasteiger partial charge in [-0.3, -0.25) is 14.5 Å². The van der Waals surface area contributed by atoms with E-state index in [4.69, 9.17) is 4.74 Å². The lowest BCUT2D eigenvalue weighted by Gasteiger charge is -2.17. The number of nitrogens with one attached hydrogen (secondary N) is 1. The lowest BCUT2D eigenvalue weighted by molar-refractivity contribution is -0.137. The van der Waals surface area contributed by atoms with Crippen LogP contribution in [0.3, 0.4) is 0 Å². The van der Waals surface area contributed by atoms with Gasteiger partial charge in [-0.05, 0) is 30.5 Å². The maximum atomic E-state index is 13.2. The van der Waals surface area contributed by atoms with Crippen LogP contribution in [0, 0.1) is 12.8 Å². The zero-order valence-corrected chi connectivity index (χ0v) is 16.1. The molecule has 2 aromatic carbocycles. The van der Waals surface area contributed by atoms with E-state index in [1.807, 2.05) is 57.2 Å². The van der Waals surface area contributed by atoms with Crippen LogP contribution in [-0.2, 0) is 9.59 Å². The summed E-state index contributed by atoms with van der Waals surface area (Å²) in [7, 11) is 1.56. The quantitative estimate of drug-likeness (QED) is 0.791. The van der Waals surface area contributed by atoms with Crippen molar-refractivity contribution in [2.45, 2.75) is 20.8 Å². The Morgan fingerprint density at radius 3 is 2.33 bits per heavy atom. The SMILES string of the molecule is COc1ccccc1C1=C(Nc2ccccc2C)C(=O)N(CC(C)C)C1=O. The van der Waals surface area contributed by atoms with Crippen LogP contribution in [-0.4, -0.2) is 30.4 Å². The molecule has 1 N–H and O–H groups in total. The minimum atomic E-state index is -0.308. The number of anilines is 1. The number of aryl methyl sites for hydroxylation is 1. The number of benzene rings is 2. The molecule has 5 nitrogen and oxygen atoms in total. The number of hydrogen-bond acceptors (Lipinski definition) is 4. The standard InChI is InChI=1S/C22H24N2O3/c1-14(2)13-24-21(25)19(16-10-6-8-12-18(16)27-4)20(22(24)26)23-17-11-7-5-9-15(17)3/h5-12,14,23H,13H2,1-4H3. The van der Waals surface area contributed by atoms with Gasteiger partial charge < -0.3 is 10.1 Å². The van der Waals surface area contributed by atoms with Gasteiger partial charge in [0.2, 0.25) is 0 Å². The van der Waals surface area contributed by atoms with Gasteiger partial charge in [-0.1, -0.05) is 50.2 Å². The second kappa shape index (κ2) is 7.66. The summed E-state index contributed by atoms with van der Waals surface area (Å²) in [6.45, 7) is 6.29. The highest BCUT2D eigenvalue weighted by atomic mass is 16.5. The third kappa shape index (κ3) is 3.58. The number of imide groups is 1. The minimum absolute atomic E-state index is 0.176. The Bertz CT molecular complexity index is 915. The third-order valence-corrected chi connectivity index (χ3v) is 4.50. The van der Waals surface area contributed by atoms with Crippen LogP contribution in [0.5, 0.6) is 5.75 Å². The molecule has 3 rings (SSSR count). The monoisotopic (exact) mass is 364 g/mol. The van der Waals surface area contributed by atoms with Crippen LogP contribution in [0.1, 0.15) is 25.0 Å². The molecule has 5 heteroatoms. The van der Waals surface area contributed by atoms with Gasteiger partial charge >= 0.3 is 0 Å². The molecule has 0 unspecified atom stereocenters. The third-order valence-electron chi connectivity index (χ3n) is 4.50. The molecule has 0 fully saturated rings. The first-order valence-corrected chi connectivity index (χ1v) is 9.00. The predicted octanol–water partition coefficient (Wildman–Crippen LogP) is 3.85. The highest BCUT2D eigenvalue weighted by Crippen LogP contribution is 2.35. The molecular formula is C22H24N2O3. The van der Waals surface area contributed by atoms with Crippen molar-refractivity contribution in [2.24, 2.45) is 5.92 Å². The van der Waals surface area contributed by atoms with Crippen LogP contribution < -0.4 is 10.1 Å². The van der Waals surface area contributed by atoms with Gasteiger partial charge in [0, 0.05) is 17.8 Å². The van der Waals surface area contributed by atoms with E-state index in [-0.39, 0.29) is 17.7 Å². The molecule has 0 bridgehead atoms.